The van der Waals surface area contributed by atoms with E-state index >= 15 is 0 Å². The molecule has 3 aromatic rings. The molecule has 5 nitrogen and oxygen atoms in total. The SMILES string of the molecule is Cc1ccc(O)c(C)c1-c1cc2scnc2c(C(N)=O)c1N. The average molecular weight is 313 g/mol. The van der Waals surface area contributed by atoms with Gasteiger partial charge in [0.25, 0.3) is 5.91 Å². The van der Waals surface area contributed by atoms with Crippen molar-refractivity contribution in [2.24, 2.45) is 5.73 Å². The molecule has 0 radical (unpaired) electrons. The number of carbonyl (C=O) groups is 1. The predicted molar refractivity (Wildman–Crippen MR) is 89.1 cm³/mol. The number of nitrogen functional groups attached to an aromatic ring is 1. The van der Waals surface area contributed by atoms with Gasteiger partial charge >= 0.3 is 0 Å². The summed E-state index contributed by atoms with van der Waals surface area (Å²) in [6.07, 6.45) is 0. The van der Waals surface area contributed by atoms with Crippen molar-refractivity contribution in [1.29, 1.82) is 0 Å². The van der Waals surface area contributed by atoms with Gasteiger partial charge in [0.1, 0.15) is 5.75 Å². The first-order valence-corrected chi connectivity index (χ1v) is 7.54. The zero-order chi connectivity index (χ0) is 16.0. The predicted octanol–water partition coefficient (Wildman–Crippen LogP) is 2.97. The number of nitrogens with two attached hydrogens (primary N) is 2. The third-order valence-corrected chi connectivity index (χ3v) is 4.60. The molecule has 5 N–H and O–H groups in total. The molecule has 0 spiro atoms. The number of aromatic hydroxyl groups is 1. The molecule has 0 atom stereocenters. The number of rotatable bonds is 2. The van der Waals surface area contributed by atoms with Crippen LogP contribution >= 0.6 is 11.3 Å². The minimum Gasteiger partial charge on any atom is -0.508 e. The van der Waals surface area contributed by atoms with Gasteiger partial charge in [0.2, 0.25) is 0 Å². The van der Waals surface area contributed by atoms with E-state index in [1.807, 2.05) is 26.0 Å². The van der Waals surface area contributed by atoms with Gasteiger partial charge in [-0.25, -0.2) is 4.98 Å². The summed E-state index contributed by atoms with van der Waals surface area (Å²) in [5, 5.41) is 9.99. The molecule has 22 heavy (non-hydrogen) atoms. The number of phenolic OH excluding ortho intramolecular Hbond substituents is 1. The normalized spacial score (nSPS) is 11.0. The van der Waals surface area contributed by atoms with Gasteiger partial charge in [-0.1, -0.05) is 6.07 Å². The lowest BCUT2D eigenvalue weighted by Gasteiger charge is -2.16. The van der Waals surface area contributed by atoms with Crippen LogP contribution in [0.4, 0.5) is 5.69 Å². The molecule has 0 bridgehead atoms. The highest BCUT2D eigenvalue weighted by atomic mass is 32.1. The zero-order valence-electron chi connectivity index (χ0n) is 12.2. The molecule has 0 aliphatic carbocycles. The maximum atomic E-state index is 11.8. The second kappa shape index (κ2) is 4.99. The van der Waals surface area contributed by atoms with Crippen LogP contribution < -0.4 is 11.5 Å². The first-order valence-electron chi connectivity index (χ1n) is 6.66. The Morgan fingerprint density at radius 2 is 2.05 bits per heavy atom. The van der Waals surface area contributed by atoms with Gasteiger partial charge in [-0.05, 0) is 42.7 Å². The number of phenols is 1. The van der Waals surface area contributed by atoms with Crippen LogP contribution in [0, 0.1) is 13.8 Å². The van der Waals surface area contributed by atoms with Crippen LogP contribution in [-0.4, -0.2) is 16.0 Å². The van der Waals surface area contributed by atoms with Crippen molar-refractivity contribution < 1.29 is 9.90 Å². The number of nitrogens with zero attached hydrogens (tertiary/aromatic N) is 1. The largest absolute Gasteiger partial charge is 0.508 e. The summed E-state index contributed by atoms with van der Waals surface area (Å²) in [4.78, 5) is 16.0. The van der Waals surface area contributed by atoms with Gasteiger partial charge < -0.3 is 16.6 Å². The zero-order valence-corrected chi connectivity index (χ0v) is 13.0. The molecule has 0 unspecified atom stereocenters. The van der Waals surface area contributed by atoms with Crippen molar-refractivity contribution in [3.8, 4) is 16.9 Å². The Morgan fingerprint density at radius 1 is 1.32 bits per heavy atom. The number of carbonyl (C=O) groups excluding carboxylic acids is 1. The number of benzene rings is 2. The topological polar surface area (TPSA) is 102 Å². The van der Waals surface area contributed by atoms with Gasteiger partial charge in [-0.15, -0.1) is 11.3 Å². The average Bonchev–Trinajstić information content (AvgIpc) is 2.91. The number of anilines is 1. The molecule has 3 rings (SSSR count). The van der Waals surface area contributed by atoms with E-state index in [1.165, 1.54) is 11.3 Å². The van der Waals surface area contributed by atoms with Gasteiger partial charge in [-0.3, -0.25) is 4.79 Å². The lowest BCUT2D eigenvalue weighted by atomic mass is 9.92. The van der Waals surface area contributed by atoms with Crippen LogP contribution in [-0.2, 0) is 0 Å². The van der Waals surface area contributed by atoms with E-state index in [-0.39, 0.29) is 11.3 Å². The van der Waals surface area contributed by atoms with E-state index in [4.69, 9.17) is 11.5 Å². The van der Waals surface area contributed by atoms with Crippen LogP contribution in [0.1, 0.15) is 21.5 Å². The maximum Gasteiger partial charge on any atom is 0.253 e. The fraction of sp³-hybridized carbons (Fsp3) is 0.125. The number of aryl methyl sites for hydroxylation is 1. The van der Waals surface area contributed by atoms with Crippen molar-refractivity contribution in [3.63, 3.8) is 0 Å². The third kappa shape index (κ3) is 2.00. The molecule has 1 amide bonds. The summed E-state index contributed by atoms with van der Waals surface area (Å²) in [7, 11) is 0. The molecule has 0 fully saturated rings. The summed E-state index contributed by atoms with van der Waals surface area (Å²) in [6.45, 7) is 3.75. The van der Waals surface area contributed by atoms with Gasteiger partial charge in [0.15, 0.2) is 0 Å². The highest BCUT2D eigenvalue weighted by Gasteiger charge is 2.20. The molecular formula is C16H15N3O2S. The number of thiazole rings is 1. The van der Waals surface area contributed by atoms with Gasteiger partial charge in [0, 0.05) is 5.56 Å². The summed E-state index contributed by atoms with van der Waals surface area (Å²) < 4.78 is 0.833. The lowest BCUT2D eigenvalue weighted by Crippen LogP contribution is -2.15. The molecule has 112 valence electrons. The molecule has 1 heterocycles. The standard InChI is InChI=1S/C16H15N3O2S/c1-7-3-4-10(20)8(2)12(7)9-5-11-15(19-6-22-11)13(14(9)17)16(18)21/h3-6,20H,17H2,1-2H3,(H2,18,21). The van der Waals surface area contributed by atoms with Crippen molar-refractivity contribution in [2.75, 3.05) is 5.73 Å². The Bertz CT molecular complexity index is 915. The Hall–Kier alpha value is -2.60. The van der Waals surface area contributed by atoms with Crippen LogP contribution in [0.2, 0.25) is 0 Å². The van der Waals surface area contributed by atoms with Crippen LogP contribution in [0.5, 0.6) is 5.75 Å². The Morgan fingerprint density at radius 3 is 2.73 bits per heavy atom. The third-order valence-electron chi connectivity index (χ3n) is 3.83. The highest BCUT2D eigenvalue weighted by Crippen LogP contribution is 2.40. The Labute approximate surface area is 131 Å². The van der Waals surface area contributed by atoms with Crippen LogP contribution in [0.3, 0.4) is 0 Å². The van der Waals surface area contributed by atoms with E-state index < -0.39 is 5.91 Å². The molecule has 0 saturated heterocycles. The summed E-state index contributed by atoms with van der Waals surface area (Å²) >= 11 is 1.42. The Balaban J connectivity index is 2.45. The van der Waals surface area contributed by atoms with E-state index in [9.17, 15) is 9.90 Å². The van der Waals surface area contributed by atoms with Gasteiger partial charge in [0.05, 0.1) is 27.0 Å². The fourth-order valence-electron chi connectivity index (χ4n) is 2.72. The fourth-order valence-corrected chi connectivity index (χ4v) is 3.45. The molecule has 1 aromatic heterocycles. The number of fused-ring (bicyclic) bond motifs is 1. The molecular weight excluding hydrogens is 298 g/mol. The molecule has 0 aliphatic rings. The van der Waals surface area contributed by atoms with Gasteiger partial charge in [-0.2, -0.15) is 0 Å². The van der Waals surface area contributed by atoms with Crippen LogP contribution in [0.15, 0.2) is 23.7 Å². The van der Waals surface area contributed by atoms with Crippen LogP contribution in [0.25, 0.3) is 21.3 Å². The smallest absolute Gasteiger partial charge is 0.253 e. The monoisotopic (exact) mass is 313 g/mol. The lowest BCUT2D eigenvalue weighted by molar-refractivity contribution is 0.100. The van der Waals surface area contributed by atoms with E-state index in [2.05, 4.69) is 4.98 Å². The minimum absolute atomic E-state index is 0.185. The second-order valence-corrected chi connectivity index (χ2v) is 6.06. The number of hydrogen-bond donors (Lipinski definition) is 3. The maximum absolute atomic E-state index is 11.8. The highest BCUT2D eigenvalue weighted by molar-refractivity contribution is 7.16. The summed E-state index contributed by atoms with van der Waals surface area (Å²) in [6, 6.07) is 5.35. The first-order chi connectivity index (χ1) is 10.4. The minimum atomic E-state index is -0.606. The first kappa shape index (κ1) is 14.3. The van der Waals surface area contributed by atoms with Crippen molar-refractivity contribution >= 4 is 33.1 Å². The molecule has 0 saturated carbocycles. The Kier molecular flexibility index (Phi) is 3.26. The molecule has 0 aliphatic heterocycles. The summed E-state index contributed by atoms with van der Waals surface area (Å²) in [5.74, 6) is -0.421. The molecule has 2 aromatic carbocycles. The number of aromatic nitrogens is 1. The van der Waals surface area contributed by atoms with Crippen molar-refractivity contribution in [1.82, 2.24) is 4.98 Å². The number of amides is 1. The summed E-state index contributed by atoms with van der Waals surface area (Å²) in [5.41, 5.74) is 17.6. The second-order valence-electron chi connectivity index (χ2n) is 5.18. The van der Waals surface area contributed by atoms with Crippen molar-refractivity contribution in [2.45, 2.75) is 13.8 Å². The number of primary amides is 1. The van der Waals surface area contributed by atoms with E-state index in [0.29, 0.717) is 22.3 Å². The van der Waals surface area contributed by atoms with Crippen molar-refractivity contribution in [3.05, 3.63) is 40.4 Å². The number of hydrogen-bond acceptors (Lipinski definition) is 5. The van der Waals surface area contributed by atoms with E-state index in [0.717, 1.165) is 15.8 Å². The molecule has 6 heteroatoms. The quantitative estimate of drug-likeness (QED) is 0.633. The van der Waals surface area contributed by atoms with E-state index in [1.54, 1.807) is 11.6 Å².